The quantitative estimate of drug-likeness (QED) is 0.755. The summed E-state index contributed by atoms with van der Waals surface area (Å²) in [6.07, 6.45) is 2.37. The molecule has 0 aliphatic rings. The standard InChI is InChI=1S/C11H22ClNO3S/c1-6-11(4,7-8-12)13-9(14)10(2,3)17(5,15)16/h6-8H2,1-5H3,(H,13,14). The largest absolute Gasteiger partial charge is 0.350 e. The fourth-order valence-corrected chi connectivity index (χ4v) is 1.93. The molecule has 0 saturated carbocycles. The van der Waals surface area contributed by atoms with E-state index in [-0.39, 0.29) is 0 Å². The number of rotatable bonds is 6. The van der Waals surface area contributed by atoms with Crippen LogP contribution in [0.4, 0.5) is 0 Å². The van der Waals surface area contributed by atoms with Crippen molar-refractivity contribution in [3.05, 3.63) is 0 Å². The molecule has 0 aromatic carbocycles. The summed E-state index contributed by atoms with van der Waals surface area (Å²) in [5.41, 5.74) is -0.458. The van der Waals surface area contributed by atoms with Crippen LogP contribution >= 0.6 is 11.6 Å². The van der Waals surface area contributed by atoms with Crippen LogP contribution in [0.15, 0.2) is 0 Å². The Hall–Kier alpha value is -0.290. The molecule has 0 aliphatic heterocycles. The molecule has 0 bridgehead atoms. The van der Waals surface area contributed by atoms with Crippen molar-refractivity contribution in [1.82, 2.24) is 5.32 Å². The van der Waals surface area contributed by atoms with Crippen LogP contribution < -0.4 is 5.32 Å². The number of alkyl halides is 1. The molecule has 1 N–H and O–H groups in total. The van der Waals surface area contributed by atoms with Crippen LogP contribution in [0, 0.1) is 0 Å². The van der Waals surface area contributed by atoms with Crippen molar-refractivity contribution in [3.63, 3.8) is 0 Å². The summed E-state index contributed by atoms with van der Waals surface area (Å²) < 4.78 is 21.7. The summed E-state index contributed by atoms with van der Waals surface area (Å²) in [5, 5.41) is 2.79. The molecule has 1 amide bonds. The third kappa shape index (κ3) is 4.14. The maximum absolute atomic E-state index is 12.0. The molecule has 6 heteroatoms. The number of carbonyl (C=O) groups is 1. The minimum absolute atomic E-state index is 0.421. The third-order valence-electron chi connectivity index (χ3n) is 3.32. The van der Waals surface area contributed by atoms with Gasteiger partial charge in [0.25, 0.3) is 0 Å². The average Bonchev–Trinajstić information content (AvgIpc) is 2.16. The van der Waals surface area contributed by atoms with E-state index in [9.17, 15) is 13.2 Å². The summed E-state index contributed by atoms with van der Waals surface area (Å²) in [5.74, 6) is -0.0568. The van der Waals surface area contributed by atoms with Crippen molar-refractivity contribution < 1.29 is 13.2 Å². The van der Waals surface area contributed by atoms with Crippen LogP contribution in [0.5, 0.6) is 0 Å². The molecule has 4 nitrogen and oxygen atoms in total. The first kappa shape index (κ1) is 16.7. The highest BCUT2D eigenvalue weighted by molar-refractivity contribution is 7.92. The Kier molecular flexibility index (Phi) is 5.47. The van der Waals surface area contributed by atoms with Crippen molar-refractivity contribution in [2.75, 3.05) is 12.1 Å². The highest BCUT2D eigenvalue weighted by atomic mass is 35.5. The minimum atomic E-state index is -3.44. The monoisotopic (exact) mass is 283 g/mol. The summed E-state index contributed by atoms with van der Waals surface area (Å²) >= 11 is 5.68. The van der Waals surface area contributed by atoms with Gasteiger partial charge in [0.2, 0.25) is 5.91 Å². The van der Waals surface area contributed by atoms with Gasteiger partial charge in [-0.1, -0.05) is 6.92 Å². The first-order valence-corrected chi connectivity index (χ1v) is 8.01. The fourth-order valence-electron chi connectivity index (χ4n) is 1.13. The second-order valence-electron chi connectivity index (χ2n) is 5.09. The number of hydrogen-bond donors (Lipinski definition) is 1. The van der Waals surface area contributed by atoms with Gasteiger partial charge in [0.05, 0.1) is 0 Å². The maximum Gasteiger partial charge on any atom is 0.241 e. The van der Waals surface area contributed by atoms with Gasteiger partial charge in [0, 0.05) is 17.7 Å². The second-order valence-corrected chi connectivity index (χ2v) is 8.03. The van der Waals surface area contributed by atoms with E-state index in [4.69, 9.17) is 11.6 Å². The molecular formula is C11H22ClNO3S. The van der Waals surface area contributed by atoms with E-state index in [1.54, 1.807) is 0 Å². The van der Waals surface area contributed by atoms with Gasteiger partial charge in [-0.25, -0.2) is 8.42 Å². The highest BCUT2D eigenvalue weighted by Gasteiger charge is 2.40. The lowest BCUT2D eigenvalue weighted by Gasteiger charge is -2.33. The first-order valence-electron chi connectivity index (χ1n) is 5.58. The Balaban J connectivity index is 4.98. The summed E-state index contributed by atoms with van der Waals surface area (Å²) in [4.78, 5) is 12.0. The maximum atomic E-state index is 12.0. The summed E-state index contributed by atoms with van der Waals surface area (Å²) in [6, 6.07) is 0. The van der Waals surface area contributed by atoms with Crippen LogP contribution in [0.25, 0.3) is 0 Å². The van der Waals surface area contributed by atoms with E-state index in [2.05, 4.69) is 5.32 Å². The van der Waals surface area contributed by atoms with Crippen molar-refractivity contribution in [2.45, 2.75) is 50.8 Å². The van der Waals surface area contributed by atoms with Crippen molar-refractivity contribution >= 4 is 27.3 Å². The van der Waals surface area contributed by atoms with Gasteiger partial charge >= 0.3 is 0 Å². The van der Waals surface area contributed by atoms with E-state index in [0.717, 1.165) is 6.26 Å². The molecule has 17 heavy (non-hydrogen) atoms. The molecular weight excluding hydrogens is 262 g/mol. The Bertz CT molecular complexity index is 378. The van der Waals surface area contributed by atoms with Crippen molar-refractivity contribution in [2.24, 2.45) is 0 Å². The Morgan fingerprint density at radius 3 is 2.06 bits per heavy atom. The number of nitrogens with one attached hydrogen (secondary N) is 1. The van der Waals surface area contributed by atoms with Gasteiger partial charge in [-0.2, -0.15) is 0 Å². The van der Waals surface area contributed by atoms with E-state index >= 15 is 0 Å². The Morgan fingerprint density at radius 2 is 1.76 bits per heavy atom. The number of halogens is 1. The second kappa shape index (κ2) is 5.57. The molecule has 0 aliphatic carbocycles. The number of hydrogen-bond acceptors (Lipinski definition) is 3. The van der Waals surface area contributed by atoms with E-state index in [0.29, 0.717) is 18.7 Å². The smallest absolute Gasteiger partial charge is 0.241 e. The molecule has 102 valence electrons. The SMILES string of the molecule is CCC(C)(CCCl)NC(=O)C(C)(C)S(C)(=O)=O. The molecule has 1 unspecified atom stereocenters. The molecule has 0 heterocycles. The molecule has 0 fully saturated rings. The van der Waals surface area contributed by atoms with Crippen LogP contribution in [0.1, 0.15) is 40.5 Å². The Labute approximate surface area is 109 Å². The van der Waals surface area contributed by atoms with Crippen LogP contribution in [0.2, 0.25) is 0 Å². The third-order valence-corrected chi connectivity index (χ3v) is 5.54. The van der Waals surface area contributed by atoms with Crippen LogP contribution in [0.3, 0.4) is 0 Å². The molecule has 0 rings (SSSR count). The van der Waals surface area contributed by atoms with E-state index in [1.165, 1.54) is 13.8 Å². The van der Waals surface area contributed by atoms with Gasteiger partial charge in [-0.05, 0) is 33.6 Å². The molecule has 0 radical (unpaired) electrons. The predicted molar refractivity (Wildman–Crippen MR) is 71.1 cm³/mol. The highest BCUT2D eigenvalue weighted by Crippen LogP contribution is 2.20. The van der Waals surface area contributed by atoms with Crippen LogP contribution in [-0.4, -0.2) is 36.7 Å². The lowest BCUT2D eigenvalue weighted by Crippen LogP contribution is -2.55. The fraction of sp³-hybridized carbons (Fsp3) is 0.909. The molecule has 0 aromatic heterocycles. The zero-order valence-electron chi connectivity index (χ0n) is 11.1. The summed E-state index contributed by atoms with van der Waals surface area (Å²) in [7, 11) is -3.44. The van der Waals surface area contributed by atoms with Gasteiger partial charge in [0.15, 0.2) is 9.84 Å². The van der Waals surface area contributed by atoms with Gasteiger partial charge < -0.3 is 5.32 Å². The molecule has 0 aromatic rings. The molecule has 0 saturated heterocycles. The topological polar surface area (TPSA) is 63.2 Å². The Morgan fingerprint density at radius 1 is 1.29 bits per heavy atom. The average molecular weight is 284 g/mol. The van der Waals surface area contributed by atoms with Crippen molar-refractivity contribution in [1.29, 1.82) is 0 Å². The first-order chi connectivity index (χ1) is 7.50. The van der Waals surface area contributed by atoms with Crippen molar-refractivity contribution in [3.8, 4) is 0 Å². The minimum Gasteiger partial charge on any atom is -0.350 e. The van der Waals surface area contributed by atoms with Gasteiger partial charge in [-0.3, -0.25) is 4.79 Å². The van der Waals surface area contributed by atoms with E-state index < -0.39 is 26.0 Å². The molecule has 1 atom stereocenters. The molecule has 0 spiro atoms. The number of carbonyl (C=O) groups excluding carboxylic acids is 1. The zero-order valence-corrected chi connectivity index (χ0v) is 12.7. The predicted octanol–water partition coefficient (Wildman–Crippen LogP) is 1.72. The summed E-state index contributed by atoms with van der Waals surface area (Å²) in [6.45, 7) is 6.62. The van der Waals surface area contributed by atoms with Crippen LogP contribution in [-0.2, 0) is 14.6 Å². The van der Waals surface area contributed by atoms with E-state index in [1.807, 2.05) is 13.8 Å². The number of sulfone groups is 1. The zero-order chi connectivity index (χ0) is 13.9. The van der Waals surface area contributed by atoms with Gasteiger partial charge in [-0.15, -0.1) is 11.6 Å². The normalized spacial score (nSPS) is 16.4. The van der Waals surface area contributed by atoms with Gasteiger partial charge in [0.1, 0.15) is 4.75 Å². The lowest BCUT2D eigenvalue weighted by molar-refractivity contribution is -0.124. The number of amides is 1. The lowest BCUT2D eigenvalue weighted by atomic mass is 9.94.